The number of anilines is 5. The van der Waals surface area contributed by atoms with Gasteiger partial charge in [-0.2, -0.15) is 0 Å². The van der Waals surface area contributed by atoms with Gasteiger partial charge in [-0.25, -0.2) is 0 Å². The number of hydrogen-bond acceptors (Lipinski definition) is 15. The van der Waals surface area contributed by atoms with Crippen molar-refractivity contribution in [1.29, 1.82) is 0 Å². The highest BCUT2D eigenvalue weighted by Gasteiger charge is 2.36. The second-order valence-electron chi connectivity index (χ2n) is 42.1. The van der Waals surface area contributed by atoms with Gasteiger partial charge in [0.05, 0.1) is 20.1 Å². The van der Waals surface area contributed by atoms with Crippen molar-refractivity contribution in [3.05, 3.63) is 435 Å². The molecule has 0 bridgehead atoms. The summed E-state index contributed by atoms with van der Waals surface area (Å²) in [4.78, 5) is 0. The minimum Gasteiger partial charge on any atom is -0.507 e. The van der Waals surface area contributed by atoms with Crippen LogP contribution < -0.4 is 28.7 Å². The molecule has 15 rings (SSSR count). The van der Waals surface area contributed by atoms with Crippen molar-refractivity contribution in [2.75, 3.05) is 28.7 Å². The van der Waals surface area contributed by atoms with E-state index in [-0.39, 0.29) is 99.9 Å². The number of halogens is 4. The van der Waals surface area contributed by atoms with Gasteiger partial charge in [0.1, 0.15) is 46.0 Å². The lowest BCUT2D eigenvalue weighted by Gasteiger charge is -2.32. The van der Waals surface area contributed by atoms with E-state index in [4.69, 9.17) is 75.1 Å². The van der Waals surface area contributed by atoms with Crippen molar-refractivity contribution in [2.45, 2.75) is 217 Å². The van der Waals surface area contributed by atoms with E-state index in [1.165, 1.54) is 0 Å². The summed E-state index contributed by atoms with van der Waals surface area (Å²) in [6.07, 6.45) is 0. The van der Waals surface area contributed by atoms with Crippen LogP contribution in [0.4, 0.5) is 28.4 Å². The van der Waals surface area contributed by atoms with E-state index < -0.39 is 5.92 Å². The first-order chi connectivity index (χ1) is 66.2. The molecule has 0 aliphatic heterocycles. The number of rotatable bonds is 15. The highest BCUT2D eigenvalue weighted by atomic mass is 35.5. The summed E-state index contributed by atoms with van der Waals surface area (Å²) in [5.41, 5.74) is 61.3. The quantitative estimate of drug-likeness (QED) is 0.0335. The Morgan fingerprint density at radius 3 is 0.655 bits per heavy atom. The van der Waals surface area contributed by atoms with Crippen LogP contribution in [0.3, 0.4) is 0 Å². The van der Waals surface area contributed by atoms with Gasteiger partial charge < -0.3 is 79.7 Å². The van der Waals surface area contributed by atoms with Crippen molar-refractivity contribution < 1.29 is 51.1 Å². The molecule has 0 saturated heterocycles. The fourth-order valence-electron chi connectivity index (χ4n) is 18.7. The third kappa shape index (κ3) is 24.9. The Bertz CT molecular complexity index is 6560. The van der Waals surface area contributed by atoms with Crippen LogP contribution in [0.1, 0.15) is 285 Å². The van der Waals surface area contributed by atoms with Crippen molar-refractivity contribution >= 4 is 74.8 Å². The lowest BCUT2D eigenvalue weighted by Crippen LogP contribution is -2.20. The number of benzene rings is 15. The molecule has 0 aliphatic rings. The molecule has 19 heteroatoms. The Morgan fingerprint density at radius 1 is 0.197 bits per heavy atom. The van der Waals surface area contributed by atoms with Crippen molar-refractivity contribution in [3.8, 4) is 57.5 Å². The maximum atomic E-state index is 11.9. The molecular formula is C123H137Cl4N5O10. The van der Waals surface area contributed by atoms with Crippen molar-refractivity contribution in [1.82, 2.24) is 0 Å². The number of nitrogens with two attached hydrogens (primary N) is 5. The Labute approximate surface area is 858 Å². The first-order valence-electron chi connectivity index (χ1n) is 47.4. The van der Waals surface area contributed by atoms with Gasteiger partial charge >= 0.3 is 0 Å². The summed E-state index contributed by atoms with van der Waals surface area (Å²) in [6.45, 7) is 49.1. The molecule has 0 spiro atoms. The fourth-order valence-corrected chi connectivity index (χ4v) is 19.7. The van der Waals surface area contributed by atoms with E-state index in [1.807, 2.05) is 271 Å². The monoisotopic (exact) mass is 1980 g/mol. The molecule has 15 aromatic carbocycles. The number of aromatic hydroxyl groups is 10. The molecule has 0 heterocycles. The number of phenolic OH excluding ortho intramolecular Hbond substituents is 10. The number of hydrogen-bond donors (Lipinski definition) is 15. The Kier molecular flexibility index (Phi) is 33.7. The van der Waals surface area contributed by atoms with E-state index in [0.29, 0.717) is 51.2 Å². The minimum atomic E-state index is -0.414. The van der Waals surface area contributed by atoms with Gasteiger partial charge in [0.25, 0.3) is 0 Å². The maximum Gasteiger partial charge on any atom is 0.152 e. The molecule has 0 aliphatic carbocycles. The van der Waals surface area contributed by atoms with E-state index in [1.54, 1.807) is 30.3 Å². The number of nitrogen functional groups attached to an aromatic ring is 5. The molecule has 0 amide bonds. The summed E-state index contributed by atoms with van der Waals surface area (Å²) in [5.74, 6) is 0.847. The van der Waals surface area contributed by atoms with Gasteiger partial charge in [-0.15, -0.1) is 0 Å². The fraction of sp³-hybridized carbons (Fsp3) is 0.268. The minimum absolute atomic E-state index is 0.00778. The lowest BCUT2D eigenvalue weighted by molar-refractivity contribution is 0.429. The van der Waals surface area contributed by atoms with Crippen LogP contribution >= 0.6 is 46.4 Å². The van der Waals surface area contributed by atoms with E-state index >= 15 is 0 Å². The zero-order valence-electron chi connectivity index (χ0n) is 85.9. The number of phenols is 10. The first kappa shape index (κ1) is 109. The second-order valence-corrected chi connectivity index (χ2v) is 43.7. The summed E-state index contributed by atoms with van der Waals surface area (Å²) >= 11 is 24.4. The smallest absolute Gasteiger partial charge is 0.152 e. The van der Waals surface area contributed by atoms with Gasteiger partial charge in [-0.3, -0.25) is 0 Å². The third-order valence-corrected chi connectivity index (χ3v) is 27.5. The van der Waals surface area contributed by atoms with Gasteiger partial charge in [-0.05, 0) is 317 Å². The van der Waals surface area contributed by atoms with Gasteiger partial charge in [0, 0.05) is 80.3 Å². The maximum absolute atomic E-state index is 11.9. The summed E-state index contributed by atoms with van der Waals surface area (Å²) in [5, 5.41) is 106. The predicted molar refractivity (Wildman–Crippen MR) is 592 cm³/mol. The normalized spacial score (nSPS) is 11.7. The molecule has 742 valence electrons. The number of para-hydroxylation sites is 2. The standard InChI is InChI=1S/C35H49NO2.3C23H25NO2.C19H13Cl4NO2/c1-32(2,3)22-17-25(30(37)27(19-22)34(7,8)9)29(21-13-15-24(36)16-14-21)26-18-23(33(4,5)6)20-28(31(26)38)35(10,11)12;1-13-9-18(10-14(2)22(13)25)21(17-5-7-20(24)8-6-17)19-11-15(3)23(26)16(4)12-19;1-13-9-15(3)22(25)19(11-13)21(17-5-7-18(24)8-6-17)20-12-14(2)10-16(4)23(20)26;1-13-9-17(10-14(2)22(13)25)21(19-7-5-6-8-20(19)24)18-11-15(3)23(26)16(4)12-18;20-12-5-9(6-13(21)18(12)25)17(11-3-1-2-4-16(11)24)10-7-14(22)19(26)15(23)8-10/h13-20,29,37-38H,36H2,1-12H3;3*5-12,21,25-26H,24H2,1-4H3;1-8,17,25-26H,24H2. The molecule has 0 radical (unpaired) electrons. The number of aryl methyl sites for hydroxylation is 12. The third-order valence-electron chi connectivity index (χ3n) is 26.4. The molecule has 20 N–H and O–H groups in total. The highest BCUT2D eigenvalue weighted by molar-refractivity contribution is 6.38. The van der Waals surface area contributed by atoms with Crippen LogP contribution in [-0.2, 0) is 21.7 Å². The van der Waals surface area contributed by atoms with Gasteiger partial charge in [0.15, 0.2) is 11.5 Å². The zero-order chi connectivity index (χ0) is 105. The highest BCUT2D eigenvalue weighted by Crippen LogP contribution is 2.53. The summed E-state index contributed by atoms with van der Waals surface area (Å²) in [6, 6.07) is 77.5. The Hall–Kier alpha value is -13.5. The molecule has 15 nitrogen and oxygen atoms in total. The average molecular weight is 1990 g/mol. The van der Waals surface area contributed by atoms with Crippen LogP contribution in [0.5, 0.6) is 57.5 Å². The molecular weight excluding hydrogens is 1850 g/mol. The Balaban J connectivity index is 0.000000171. The molecule has 0 unspecified atom stereocenters. The topological polar surface area (TPSA) is 332 Å². The van der Waals surface area contributed by atoms with E-state index in [9.17, 15) is 51.1 Å². The molecule has 0 aromatic heterocycles. The molecule has 0 saturated carbocycles. The van der Waals surface area contributed by atoms with Crippen LogP contribution in [-0.4, -0.2) is 51.1 Å². The van der Waals surface area contributed by atoms with Crippen LogP contribution in [0.15, 0.2) is 243 Å². The van der Waals surface area contributed by atoms with Gasteiger partial charge in [-0.1, -0.05) is 310 Å². The van der Waals surface area contributed by atoms with Crippen LogP contribution in [0, 0.1) is 83.1 Å². The first-order valence-corrected chi connectivity index (χ1v) is 48.9. The zero-order valence-corrected chi connectivity index (χ0v) is 88.9. The Morgan fingerprint density at radius 2 is 0.415 bits per heavy atom. The van der Waals surface area contributed by atoms with Crippen molar-refractivity contribution in [2.24, 2.45) is 0 Å². The molecule has 0 atom stereocenters. The average Bonchev–Trinajstić information content (AvgIpc) is 0.745. The van der Waals surface area contributed by atoms with E-state index in [0.717, 1.165) is 173 Å². The SMILES string of the molecule is CC(C)(C)c1cc(C(c2ccc(N)cc2)c2cc(C(C)(C)C)cc(C(C)(C)C)c2O)c(O)c(C(C)(C)C)c1.Cc1cc(C(c2cc(C)c(O)c(C)c2)c2ccccc2N)cc(C)c1O.Cc1cc(C(c2ccc(N)cc2)c2cc(C)c(O)c(C)c2)cc(C)c1O.Cc1cc(C)c(O)c(C(c2ccc(N)cc2)c2cc(C)cc(C)c2O)c1.Nc1ccccc1C(c1cc(Cl)c(O)c(Cl)c1)c1cc(Cl)c(O)c(Cl)c1. The summed E-state index contributed by atoms with van der Waals surface area (Å²) in [7, 11) is 0. The predicted octanol–water partition coefficient (Wildman–Crippen LogP) is 30.8. The second kappa shape index (κ2) is 43.9. The summed E-state index contributed by atoms with van der Waals surface area (Å²) < 4.78 is 0. The van der Waals surface area contributed by atoms with Gasteiger partial charge in [0.2, 0.25) is 0 Å². The molecule has 142 heavy (non-hydrogen) atoms. The lowest BCUT2D eigenvalue weighted by atomic mass is 9.72. The van der Waals surface area contributed by atoms with E-state index in [2.05, 4.69) is 107 Å². The van der Waals surface area contributed by atoms with Crippen molar-refractivity contribution in [3.63, 3.8) is 0 Å². The largest absolute Gasteiger partial charge is 0.507 e. The molecule has 15 aromatic rings. The van der Waals surface area contributed by atoms with Crippen LogP contribution in [0.2, 0.25) is 20.1 Å². The van der Waals surface area contributed by atoms with Crippen LogP contribution in [0.25, 0.3) is 0 Å². The molecule has 0 fully saturated rings.